The molecule has 18 heavy (non-hydrogen) atoms. The highest BCUT2D eigenvalue weighted by Crippen LogP contribution is 2.17. The van der Waals surface area contributed by atoms with Crippen LogP contribution >= 0.6 is 15.9 Å². The lowest BCUT2D eigenvalue weighted by Crippen LogP contribution is -2.24. The number of Topliss-reactive ketones (excluding diaryl/α,β-unsaturated/α-hetero) is 1. The number of ketones is 1. The number of benzene rings is 1. The number of rotatable bonds is 7. The molecule has 0 bridgehead atoms. The molecule has 100 valence electrons. The molecule has 0 atom stereocenters. The second-order valence-electron chi connectivity index (χ2n) is 5.14. The van der Waals surface area contributed by atoms with Crippen LogP contribution in [0.4, 0.5) is 0 Å². The molecule has 0 radical (unpaired) electrons. The average Bonchev–Trinajstić information content (AvgIpc) is 2.34. The molecule has 0 aliphatic rings. The molecule has 0 spiro atoms. The number of halogens is 1. The maximum atomic E-state index is 12.1. The molecule has 0 saturated heterocycles. The van der Waals surface area contributed by atoms with Gasteiger partial charge in [0.2, 0.25) is 0 Å². The van der Waals surface area contributed by atoms with Crippen LogP contribution in [0.5, 0.6) is 0 Å². The fourth-order valence-electron chi connectivity index (χ4n) is 1.70. The Morgan fingerprint density at radius 3 is 2.56 bits per heavy atom. The fourth-order valence-corrected chi connectivity index (χ4v) is 2.21. The maximum absolute atomic E-state index is 12.1. The Hall–Kier alpha value is -0.670. The van der Waals surface area contributed by atoms with Crippen molar-refractivity contribution in [3.05, 3.63) is 34.3 Å². The summed E-state index contributed by atoms with van der Waals surface area (Å²) in [4.78, 5) is 14.3. The minimum atomic E-state index is 0.207. The molecule has 0 saturated carbocycles. The van der Waals surface area contributed by atoms with Crippen LogP contribution in [0, 0.1) is 5.92 Å². The lowest BCUT2D eigenvalue weighted by atomic mass is 10.1. The molecule has 0 amide bonds. The van der Waals surface area contributed by atoms with Crippen LogP contribution < -0.4 is 0 Å². The van der Waals surface area contributed by atoms with Gasteiger partial charge in [0.25, 0.3) is 0 Å². The molecule has 0 heterocycles. The van der Waals surface area contributed by atoms with Gasteiger partial charge in [0.15, 0.2) is 5.78 Å². The summed E-state index contributed by atoms with van der Waals surface area (Å²) < 4.78 is 0.889. The van der Waals surface area contributed by atoms with Gasteiger partial charge in [0.05, 0.1) is 0 Å². The largest absolute Gasteiger partial charge is 0.306 e. The second kappa shape index (κ2) is 7.70. The van der Waals surface area contributed by atoms with E-state index in [0.29, 0.717) is 12.3 Å². The van der Waals surface area contributed by atoms with Crippen molar-refractivity contribution in [1.29, 1.82) is 0 Å². The van der Waals surface area contributed by atoms with Crippen molar-refractivity contribution in [2.75, 3.05) is 20.1 Å². The highest BCUT2D eigenvalue weighted by Gasteiger charge is 2.10. The fraction of sp³-hybridized carbons (Fsp3) is 0.533. The Kier molecular flexibility index (Phi) is 6.58. The number of nitrogens with zero attached hydrogens (tertiary/aromatic N) is 1. The Bertz CT molecular complexity index is 390. The summed E-state index contributed by atoms with van der Waals surface area (Å²) in [6, 6.07) is 7.62. The quantitative estimate of drug-likeness (QED) is 0.709. The molecule has 3 heteroatoms. The van der Waals surface area contributed by atoms with Gasteiger partial charge in [0, 0.05) is 23.0 Å². The van der Waals surface area contributed by atoms with E-state index in [-0.39, 0.29) is 5.78 Å². The van der Waals surface area contributed by atoms with E-state index in [1.165, 1.54) is 6.42 Å². The SMILES string of the molecule is CC(C)CCN(C)CCC(=O)c1ccccc1Br. The zero-order chi connectivity index (χ0) is 13.5. The van der Waals surface area contributed by atoms with Crippen LogP contribution in [-0.2, 0) is 0 Å². The lowest BCUT2D eigenvalue weighted by molar-refractivity contribution is 0.0967. The third-order valence-corrected chi connectivity index (χ3v) is 3.67. The third-order valence-electron chi connectivity index (χ3n) is 2.98. The highest BCUT2D eigenvalue weighted by molar-refractivity contribution is 9.10. The summed E-state index contributed by atoms with van der Waals surface area (Å²) in [5, 5.41) is 0. The van der Waals surface area contributed by atoms with Crippen LogP contribution in [0.2, 0.25) is 0 Å². The zero-order valence-electron chi connectivity index (χ0n) is 11.4. The monoisotopic (exact) mass is 311 g/mol. The van der Waals surface area contributed by atoms with Gasteiger partial charge in [-0.15, -0.1) is 0 Å². The maximum Gasteiger partial charge on any atom is 0.165 e. The van der Waals surface area contributed by atoms with Crippen molar-refractivity contribution in [2.45, 2.75) is 26.7 Å². The number of carbonyl (C=O) groups is 1. The van der Waals surface area contributed by atoms with Crippen molar-refractivity contribution >= 4 is 21.7 Å². The Balaban J connectivity index is 2.40. The van der Waals surface area contributed by atoms with Crippen molar-refractivity contribution in [1.82, 2.24) is 4.90 Å². The number of hydrogen-bond acceptors (Lipinski definition) is 2. The van der Waals surface area contributed by atoms with Gasteiger partial charge in [-0.1, -0.05) is 48.0 Å². The van der Waals surface area contributed by atoms with Crippen molar-refractivity contribution in [2.24, 2.45) is 5.92 Å². The van der Waals surface area contributed by atoms with E-state index in [1.807, 2.05) is 24.3 Å². The summed E-state index contributed by atoms with van der Waals surface area (Å²) in [6.07, 6.45) is 1.76. The van der Waals surface area contributed by atoms with Gasteiger partial charge in [-0.05, 0) is 32.0 Å². The molecule has 0 unspecified atom stereocenters. The minimum Gasteiger partial charge on any atom is -0.306 e. The Morgan fingerprint density at radius 2 is 1.94 bits per heavy atom. The van der Waals surface area contributed by atoms with Crippen molar-refractivity contribution in [3.63, 3.8) is 0 Å². The van der Waals surface area contributed by atoms with Crippen molar-refractivity contribution < 1.29 is 4.79 Å². The van der Waals surface area contributed by atoms with Gasteiger partial charge in [-0.3, -0.25) is 4.79 Å². The third kappa shape index (κ3) is 5.32. The molecule has 0 N–H and O–H groups in total. The normalized spacial score (nSPS) is 11.2. The number of carbonyl (C=O) groups excluding carboxylic acids is 1. The first-order chi connectivity index (χ1) is 8.50. The summed E-state index contributed by atoms with van der Waals surface area (Å²) in [5.74, 6) is 0.922. The molecular formula is C15H22BrNO. The molecule has 1 rings (SSSR count). The molecule has 0 fully saturated rings. The lowest BCUT2D eigenvalue weighted by Gasteiger charge is -2.17. The van der Waals surface area contributed by atoms with Crippen LogP contribution in [0.25, 0.3) is 0 Å². The van der Waals surface area contributed by atoms with E-state index in [1.54, 1.807) is 0 Å². The first kappa shape index (κ1) is 15.4. The van der Waals surface area contributed by atoms with Gasteiger partial charge >= 0.3 is 0 Å². The predicted octanol–water partition coefficient (Wildman–Crippen LogP) is 4.00. The molecular weight excluding hydrogens is 290 g/mol. The van der Waals surface area contributed by atoms with E-state index >= 15 is 0 Å². The van der Waals surface area contributed by atoms with Gasteiger partial charge < -0.3 is 4.90 Å². The standard InChI is InChI=1S/C15H22BrNO/c1-12(2)8-10-17(3)11-9-15(18)13-6-4-5-7-14(13)16/h4-7,12H,8-11H2,1-3H3. The van der Waals surface area contributed by atoms with Gasteiger partial charge in [-0.2, -0.15) is 0 Å². The average molecular weight is 312 g/mol. The van der Waals surface area contributed by atoms with Crippen LogP contribution in [0.1, 0.15) is 37.0 Å². The van der Waals surface area contributed by atoms with Gasteiger partial charge in [-0.25, -0.2) is 0 Å². The smallest absolute Gasteiger partial charge is 0.165 e. The van der Waals surface area contributed by atoms with Crippen LogP contribution in [-0.4, -0.2) is 30.8 Å². The van der Waals surface area contributed by atoms with E-state index < -0.39 is 0 Å². The molecule has 1 aromatic carbocycles. The van der Waals surface area contributed by atoms with Crippen LogP contribution in [0.15, 0.2) is 28.7 Å². The summed E-state index contributed by atoms with van der Waals surface area (Å²) in [5.41, 5.74) is 0.787. The van der Waals surface area contributed by atoms with E-state index in [4.69, 9.17) is 0 Å². The summed E-state index contributed by atoms with van der Waals surface area (Å²) in [7, 11) is 2.08. The highest BCUT2D eigenvalue weighted by atomic mass is 79.9. The van der Waals surface area contributed by atoms with Crippen LogP contribution in [0.3, 0.4) is 0 Å². The topological polar surface area (TPSA) is 20.3 Å². The molecule has 2 nitrogen and oxygen atoms in total. The predicted molar refractivity (Wildman–Crippen MR) is 80.0 cm³/mol. The first-order valence-corrected chi connectivity index (χ1v) is 7.26. The van der Waals surface area contributed by atoms with E-state index in [9.17, 15) is 4.79 Å². The zero-order valence-corrected chi connectivity index (χ0v) is 13.0. The Labute approximate surface area is 119 Å². The molecule has 1 aromatic rings. The Morgan fingerprint density at radius 1 is 1.28 bits per heavy atom. The molecule has 0 aromatic heterocycles. The van der Waals surface area contributed by atoms with E-state index in [2.05, 4.69) is 41.7 Å². The molecule has 0 aliphatic heterocycles. The minimum absolute atomic E-state index is 0.207. The summed E-state index contributed by atoms with van der Waals surface area (Å²) >= 11 is 3.42. The molecule has 0 aliphatic carbocycles. The summed E-state index contributed by atoms with van der Waals surface area (Å²) in [6.45, 7) is 6.33. The number of hydrogen-bond donors (Lipinski definition) is 0. The van der Waals surface area contributed by atoms with Crippen molar-refractivity contribution in [3.8, 4) is 0 Å². The first-order valence-electron chi connectivity index (χ1n) is 6.47. The van der Waals surface area contributed by atoms with Gasteiger partial charge in [0.1, 0.15) is 0 Å². The second-order valence-corrected chi connectivity index (χ2v) is 5.99. The van der Waals surface area contributed by atoms with E-state index in [0.717, 1.165) is 23.1 Å².